The van der Waals surface area contributed by atoms with E-state index in [0.29, 0.717) is 19.4 Å². The van der Waals surface area contributed by atoms with E-state index in [1.54, 1.807) is 0 Å². The maximum Gasteiger partial charge on any atom is 0.168 e. The first kappa shape index (κ1) is 14.8. The van der Waals surface area contributed by atoms with Crippen molar-refractivity contribution < 1.29 is 13.6 Å². The molecule has 1 aromatic carbocycles. The number of benzene rings is 1. The van der Waals surface area contributed by atoms with Gasteiger partial charge >= 0.3 is 0 Å². The molecule has 0 heterocycles. The topological polar surface area (TPSA) is 43.1 Å². The highest BCUT2D eigenvalue weighted by atomic mass is 19.1. The molecule has 0 aliphatic heterocycles. The van der Waals surface area contributed by atoms with Crippen molar-refractivity contribution in [2.75, 3.05) is 6.54 Å². The summed E-state index contributed by atoms with van der Waals surface area (Å²) < 4.78 is 26.3. The second-order valence-electron chi connectivity index (χ2n) is 4.40. The van der Waals surface area contributed by atoms with Gasteiger partial charge in [-0.15, -0.1) is 0 Å². The Labute approximate surface area is 106 Å². The molecule has 0 aromatic heterocycles. The van der Waals surface area contributed by atoms with Gasteiger partial charge in [0.2, 0.25) is 0 Å². The Morgan fingerprint density at radius 2 is 2.06 bits per heavy atom. The van der Waals surface area contributed by atoms with E-state index in [9.17, 15) is 13.6 Å². The minimum Gasteiger partial charge on any atom is -0.330 e. The summed E-state index contributed by atoms with van der Waals surface area (Å²) in [6, 6.07) is 3.06. The number of carbonyl (C=O) groups excluding carboxylic acids is 1. The molecule has 100 valence electrons. The lowest BCUT2D eigenvalue weighted by Gasteiger charge is -2.15. The molecule has 0 fully saturated rings. The van der Waals surface area contributed by atoms with E-state index < -0.39 is 11.6 Å². The fourth-order valence-electron chi connectivity index (χ4n) is 1.97. The summed E-state index contributed by atoms with van der Waals surface area (Å²) in [5.41, 5.74) is 5.44. The number of halogens is 2. The third-order valence-corrected chi connectivity index (χ3v) is 2.99. The largest absolute Gasteiger partial charge is 0.330 e. The Balaban J connectivity index is 2.87. The van der Waals surface area contributed by atoms with Gasteiger partial charge in [-0.3, -0.25) is 4.79 Å². The summed E-state index contributed by atoms with van der Waals surface area (Å²) in [6.45, 7) is 2.42. The summed E-state index contributed by atoms with van der Waals surface area (Å²) in [7, 11) is 0. The summed E-state index contributed by atoms with van der Waals surface area (Å²) in [6.07, 6.45) is 3.11. The number of nitrogens with two attached hydrogens (primary N) is 1. The van der Waals surface area contributed by atoms with Crippen molar-refractivity contribution in [3.63, 3.8) is 0 Å². The molecule has 1 atom stereocenters. The van der Waals surface area contributed by atoms with Crippen molar-refractivity contribution >= 4 is 5.78 Å². The zero-order valence-corrected chi connectivity index (χ0v) is 10.6. The minimum absolute atomic E-state index is 0.0362. The number of unbranched alkanes of at least 4 members (excludes halogenated alkanes) is 1. The van der Waals surface area contributed by atoms with Gasteiger partial charge in [0.1, 0.15) is 11.6 Å². The van der Waals surface area contributed by atoms with Gasteiger partial charge in [0, 0.05) is 12.0 Å². The fraction of sp³-hybridized carbons (Fsp3) is 0.500. The quantitative estimate of drug-likeness (QED) is 0.760. The zero-order chi connectivity index (χ0) is 13.5. The third kappa shape index (κ3) is 3.88. The summed E-state index contributed by atoms with van der Waals surface area (Å²) >= 11 is 0. The van der Waals surface area contributed by atoms with Crippen LogP contribution in [-0.4, -0.2) is 12.3 Å². The van der Waals surface area contributed by atoms with E-state index in [0.717, 1.165) is 25.0 Å². The maximum absolute atomic E-state index is 13.5. The van der Waals surface area contributed by atoms with Crippen LogP contribution in [0.4, 0.5) is 8.78 Å². The molecule has 2 nitrogen and oxygen atoms in total. The Morgan fingerprint density at radius 1 is 1.33 bits per heavy atom. The molecular formula is C14H19F2NO. The molecule has 0 aliphatic carbocycles. The van der Waals surface area contributed by atoms with E-state index in [4.69, 9.17) is 5.73 Å². The van der Waals surface area contributed by atoms with Crippen molar-refractivity contribution in [1.82, 2.24) is 0 Å². The minimum atomic E-state index is -0.793. The van der Waals surface area contributed by atoms with Crippen LogP contribution in [0.5, 0.6) is 0 Å². The second kappa shape index (κ2) is 7.21. The first-order chi connectivity index (χ1) is 8.60. The van der Waals surface area contributed by atoms with Crippen molar-refractivity contribution in [1.29, 1.82) is 0 Å². The van der Waals surface area contributed by atoms with Crippen LogP contribution >= 0.6 is 0 Å². The molecule has 18 heavy (non-hydrogen) atoms. The SMILES string of the molecule is CCCCC(CCN)C(=O)c1ccc(F)cc1F. The van der Waals surface area contributed by atoms with Crippen molar-refractivity contribution in [2.24, 2.45) is 11.7 Å². The highest BCUT2D eigenvalue weighted by molar-refractivity contribution is 5.98. The zero-order valence-electron chi connectivity index (χ0n) is 10.6. The molecular weight excluding hydrogens is 236 g/mol. The fourth-order valence-corrected chi connectivity index (χ4v) is 1.97. The molecule has 1 unspecified atom stereocenters. The van der Waals surface area contributed by atoms with Crippen molar-refractivity contribution in [3.05, 3.63) is 35.4 Å². The first-order valence-corrected chi connectivity index (χ1v) is 6.29. The van der Waals surface area contributed by atoms with E-state index >= 15 is 0 Å². The molecule has 1 aromatic rings. The van der Waals surface area contributed by atoms with Crippen LogP contribution in [0, 0.1) is 17.6 Å². The molecule has 0 aliphatic rings. The summed E-state index contributed by atoms with van der Waals surface area (Å²) in [5, 5.41) is 0. The average molecular weight is 255 g/mol. The van der Waals surface area contributed by atoms with Gasteiger partial charge in [0.25, 0.3) is 0 Å². The number of carbonyl (C=O) groups is 1. The van der Waals surface area contributed by atoms with Crippen LogP contribution in [0.15, 0.2) is 18.2 Å². The highest BCUT2D eigenvalue weighted by Gasteiger charge is 2.21. The van der Waals surface area contributed by atoms with Gasteiger partial charge in [0.15, 0.2) is 5.78 Å². The number of ketones is 1. The molecule has 0 bridgehead atoms. The lowest BCUT2D eigenvalue weighted by Crippen LogP contribution is -2.20. The van der Waals surface area contributed by atoms with Gasteiger partial charge in [0.05, 0.1) is 5.56 Å². The van der Waals surface area contributed by atoms with Gasteiger partial charge in [-0.25, -0.2) is 8.78 Å². The average Bonchev–Trinajstić information content (AvgIpc) is 2.33. The lowest BCUT2D eigenvalue weighted by molar-refractivity contribution is 0.0902. The van der Waals surface area contributed by atoms with Crippen LogP contribution in [0.25, 0.3) is 0 Å². The molecule has 0 amide bonds. The molecule has 2 N–H and O–H groups in total. The smallest absolute Gasteiger partial charge is 0.168 e. The number of hydrogen-bond acceptors (Lipinski definition) is 2. The Bertz CT molecular complexity index is 407. The van der Waals surface area contributed by atoms with Crippen molar-refractivity contribution in [3.8, 4) is 0 Å². The van der Waals surface area contributed by atoms with E-state index in [1.165, 1.54) is 6.07 Å². The van der Waals surface area contributed by atoms with Crippen LogP contribution in [0.1, 0.15) is 43.0 Å². The highest BCUT2D eigenvalue weighted by Crippen LogP contribution is 2.21. The second-order valence-corrected chi connectivity index (χ2v) is 4.40. The molecule has 0 saturated carbocycles. The van der Waals surface area contributed by atoms with Crippen LogP contribution in [0.3, 0.4) is 0 Å². The Hall–Kier alpha value is -1.29. The molecule has 0 saturated heterocycles. The summed E-state index contributed by atoms with van der Waals surface area (Å²) in [4.78, 5) is 12.2. The molecule has 1 rings (SSSR count). The normalized spacial score (nSPS) is 12.4. The number of rotatable bonds is 7. The Morgan fingerprint density at radius 3 is 2.61 bits per heavy atom. The van der Waals surface area contributed by atoms with E-state index in [1.807, 2.05) is 6.92 Å². The van der Waals surface area contributed by atoms with E-state index in [2.05, 4.69) is 0 Å². The van der Waals surface area contributed by atoms with Gasteiger partial charge in [-0.1, -0.05) is 19.8 Å². The summed E-state index contributed by atoms with van der Waals surface area (Å²) in [5.74, 6) is -2.01. The monoisotopic (exact) mass is 255 g/mol. The molecule has 0 radical (unpaired) electrons. The molecule has 4 heteroatoms. The first-order valence-electron chi connectivity index (χ1n) is 6.29. The predicted octanol–water partition coefficient (Wildman–Crippen LogP) is 3.30. The van der Waals surface area contributed by atoms with Crippen LogP contribution in [0.2, 0.25) is 0 Å². The maximum atomic E-state index is 13.5. The van der Waals surface area contributed by atoms with E-state index in [-0.39, 0.29) is 17.3 Å². The van der Waals surface area contributed by atoms with Crippen LogP contribution in [-0.2, 0) is 0 Å². The standard InChI is InChI=1S/C14H19F2NO/c1-2-3-4-10(7-8-17)14(18)12-6-5-11(15)9-13(12)16/h5-6,9-10H,2-4,7-8,17H2,1H3. The predicted molar refractivity (Wildman–Crippen MR) is 67.4 cm³/mol. The van der Waals surface area contributed by atoms with Gasteiger partial charge < -0.3 is 5.73 Å². The number of hydrogen-bond donors (Lipinski definition) is 1. The van der Waals surface area contributed by atoms with Crippen LogP contribution < -0.4 is 5.73 Å². The van der Waals surface area contributed by atoms with Crippen molar-refractivity contribution in [2.45, 2.75) is 32.6 Å². The lowest BCUT2D eigenvalue weighted by atomic mass is 9.90. The Kier molecular flexibility index (Phi) is 5.92. The van der Waals surface area contributed by atoms with Gasteiger partial charge in [-0.05, 0) is 31.5 Å². The third-order valence-electron chi connectivity index (χ3n) is 2.99. The van der Waals surface area contributed by atoms with Gasteiger partial charge in [-0.2, -0.15) is 0 Å². The molecule has 0 spiro atoms. The number of Topliss-reactive ketones (excluding diaryl/α,β-unsaturated/α-hetero) is 1.